The molecule has 0 bridgehead atoms. The summed E-state index contributed by atoms with van der Waals surface area (Å²) >= 11 is 0. The number of rotatable bonds is 3. The summed E-state index contributed by atoms with van der Waals surface area (Å²) in [6.45, 7) is 3.90. The molecule has 0 aliphatic carbocycles. The van der Waals surface area contributed by atoms with Crippen molar-refractivity contribution in [1.29, 1.82) is 0 Å². The molecule has 0 fully saturated rings. The third kappa shape index (κ3) is 2.24. The SMILES string of the molecule is COc1cc(C)c(C)cc1-c1nc(N)[nH]c1C(=O)O. The fraction of sp³-hybridized carbons (Fsp3) is 0.231. The maximum absolute atomic E-state index is 11.2. The molecule has 4 N–H and O–H groups in total. The second kappa shape index (κ2) is 4.64. The van der Waals surface area contributed by atoms with Crippen molar-refractivity contribution in [3.05, 3.63) is 29.0 Å². The van der Waals surface area contributed by atoms with Crippen molar-refractivity contribution in [2.75, 3.05) is 12.8 Å². The van der Waals surface area contributed by atoms with Gasteiger partial charge in [0.2, 0.25) is 0 Å². The molecule has 0 unspecified atom stereocenters. The van der Waals surface area contributed by atoms with Crippen LogP contribution in [0.4, 0.5) is 5.95 Å². The number of nitrogens with zero attached hydrogens (tertiary/aromatic N) is 1. The topological polar surface area (TPSA) is 101 Å². The fourth-order valence-electron chi connectivity index (χ4n) is 1.88. The van der Waals surface area contributed by atoms with Crippen LogP contribution in [0.5, 0.6) is 5.75 Å². The summed E-state index contributed by atoms with van der Waals surface area (Å²) in [5, 5.41) is 9.16. The lowest BCUT2D eigenvalue weighted by Crippen LogP contribution is -2.01. The smallest absolute Gasteiger partial charge is 0.354 e. The molecule has 0 spiro atoms. The van der Waals surface area contributed by atoms with E-state index < -0.39 is 5.97 Å². The normalized spacial score (nSPS) is 10.5. The molecule has 1 aromatic carbocycles. The Bertz CT molecular complexity index is 647. The number of benzene rings is 1. The molecule has 6 nitrogen and oxygen atoms in total. The molecule has 0 amide bonds. The first-order chi connectivity index (χ1) is 8.93. The third-order valence-corrected chi connectivity index (χ3v) is 3.01. The van der Waals surface area contributed by atoms with E-state index in [4.69, 9.17) is 15.6 Å². The Morgan fingerprint density at radius 2 is 2.00 bits per heavy atom. The predicted octanol–water partition coefficient (Wildman–Crippen LogP) is 1.98. The standard InChI is InChI=1S/C13H15N3O3/c1-6-4-8(9(19-3)5-7(6)2)10-11(12(17)18)16-13(14)15-10/h4-5H,1-3H3,(H,17,18)(H3,14,15,16). The van der Waals surface area contributed by atoms with Gasteiger partial charge in [-0.05, 0) is 37.1 Å². The highest BCUT2D eigenvalue weighted by Gasteiger charge is 2.20. The van der Waals surface area contributed by atoms with Gasteiger partial charge in [-0.2, -0.15) is 0 Å². The Kier molecular flexibility index (Phi) is 3.16. The van der Waals surface area contributed by atoms with E-state index in [0.717, 1.165) is 11.1 Å². The molecule has 1 heterocycles. The van der Waals surface area contributed by atoms with Gasteiger partial charge < -0.3 is 20.6 Å². The maximum Gasteiger partial charge on any atom is 0.354 e. The van der Waals surface area contributed by atoms with Crippen LogP contribution in [-0.4, -0.2) is 28.2 Å². The van der Waals surface area contributed by atoms with Crippen molar-refractivity contribution in [3.8, 4) is 17.0 Å². The number of hydrogen-bond donors (Lipinski definition) is 3. The van der Waals surface area contributed by atoms with Crippen LogP contribution in [0.25, 0.3) is 11.3 Å². The van der Waals surface area contributed by atoms with Gasteiger partial charge in [-0.1, -0.05) is 0 Å². The molecule has 2 rings (SSSR count). The number of carboxylic acids is 1. The lowest BCUT2D eigenvalue weighted by molar-refractivity contribution is 0.0692. The largest absolute Gasteiger partial charge is 0.496 e. The zero-order valence-electron chi connectivity index (χ0n) is 10.9. The van der Waals surface area contributed by atoms with Gasteiger partial charge in [0, 0.05) is 5.56 Å². The minimum atomic E-state index is -1.11. The zero-order valence-corrected chi connectivity index (χ0v) is 10.9. The summed E-state index contributed by atoms with van der Waals surface area (Å²) in [6.07, 6.45) is 0. The molecule has 1 aromatic heterocycles. The number of carboxylic acid groups (broad SMARTS) is 1. The third-order valence-electron chi connectivity index (χ3n) is 3.01. The van der Waals surface area contributed by atoms with E-state index in [1.54, 1.807) is 0 Å². The summed E-state index contributed by atoms with van der Waals surface area (Å²) < 4.78 is 5.29. The first-order valence-electron chi connectivity index (χ1n) is 5.68. The fourth-order valence-corrected chi connectivity index (χ4v) is 1.88. The minimum Gasteiger partial charge on any atom is -0.496 e. The molecular weight excluding hydrogens is 246 g/mol. The Balaban J connectivity index is 2.71. The van der Waals surface area contributed by atoms with Crippen LogP contribution in [0.1, 0.15) is 21.6 Å². The van der Waals surface area contributed by atoms with E-state index in [2.05, 4.69) is 9.97 Å². The average molecular weight is 261 g/mol. The average Bonchev–Trinajstić information content (AvgIpc) is 2.74. The van der Waals surface area contributed by atoms with Gasteiger partial charge in [-0.15, -0.1) is 0 Å². The van der Waals surface area contributed by atoms with Crippen LogP contribution in [0.3, 0.4) is 0 Å². The molecule has 0 radical (unpaired) electrons. The van der Waals surface area contributed by atoms with Crippen molar-refractivity contribution in [2.24, 2.45) is 0 Å². The number of nitrogens with two attached hydrogens (primary N) is 1. The van der Waals surface area contributed by atoms with Crippen LogP contribution in [0, 0.1) is 13.8 Å². The first kappa shape index (κ1) is 12.9. The lowest BCUT2D eigenvalue weighted by Gasteiger charge is -2.10. The number of nitrogen functional groups attached to an aromatic ring is 1. The number of aryl methyl sites for hydroxylation is 2. The molecule has 2 aromatic rings. The maximum atomic E-state index is 11.2. The van der Waals surface area contributed by atoms with Crippen molar-refractivity contribution < 1.29 is 14.6 Å². The van der Waals surface area contributed by atoms with Crippen molar-refractivity contribution >= 4 is 11.9 Å². The number of hydrogen-bond acceptors (Lipinski definition) is 4. The Labute approximate surface area is 110 Å². The van der Waals surface area contributed by atoms with Crippen LogP contribution < -0.4 is 10.5 Å². The monoisotopic (exact) mass is 261 g/mol. The Hall–Kier alpha value is -2.50. The van der Waals surface area contributed by atoms with Crippen LogP contribution in [0.2, 0.25) is 0 Å². The molecule has 0 aliphatic rings. The van der Waals surface area contributed by atoms with Gasteiger partial charge in [0.15, 0.2) is 11.6 Å². The van der Waals surface area contributed by atoms with E-state index in [0.29, 0.717) is 11.3 Å². The second-order valence-corrected chi connectivity index (χ2v) is 4.29. The summed E-state index contributed by atoms with van der Waals surface area (Å²) in [6, 6.07) is 3.69. The van der Waals surface area contributed by atoms with Crippen LogP contribution in [-0.2, 0) is 0 Å². The number of carbonyl (C=O) groups is 1. The van der Waals surface area contributed by atoms with E-state index in [9.17, 15) is 4.79 Å². The zero-order chi connectivity index (χ0) is 14.2. The molecule has 0 aliphatic heterocycles. The molecule has 19 heavy (non-hydrogen) atoms. The van der Waals surface area contributed by atoms with Crippen LogP contribution in [0.15, 0.2) is 12.1 Å². The van der Waals surface area contributed by atoms with Gasteiger partial charge in [0.05, 0.1) is 7.11 Å². The summed E-state index contributed by atoms with van der Waals surface area (Å²) in [4.78, 5) is 17.8. The van der Waals surface area contributed by atoms with Gasteiger partial charge in [0.1, 0.15) is 11.4 Å². The van der Waals surface area contributed by atoms with E-state index in [1.807, 2.05) is 26.0 Å². The molecule has 6 heteroatoms. The number of methoxy groups -OCH3 is 1. The number of aromatic nitrogens is 2. The summed E-state index contributed by atoms with van der Waals surface area (Å²) in [5.74, 6) is -0.482. The molecule has 100 valence electrons. The summed E-state index contributed by atoms with van der Waals surface area (Å²) in [5.41, 5.74) is 8.47. The Morgan fingerprint density at radius 3 is 2.58 bits per heavy atom. The van der Waals surface area contributed by atoms with Crippen molar-refractivity contribution in [3.63, 3.8) is 0 Å². The van der Waals surface area contributed by atoms with E-state index in [-0.39, 0.29) is 17.3 Å². The van der Waals surface area contributed by atoms with Crippen molar-refractivity contribution in [2.45, 2.75) is 13.8 Å². The highest BCUT2D eigenvalue weighted by molar-refractivity contribution is 5.94. The minimum absolute atomic E-state index is 0.0425. The van der Waals surface area contributed by atoms with Gasteiger partial charge in [-0.3, -0.25) is 0 Å². The number of aromatic carboxylic acids is 1. The summed E-state index contributed by atoms with van der Waals surface area (Å²) in [7, 11) is 1.53. The van der Waals surface area contributed by atoms with Gasteiger partial charge >= 0.3 is 5.97 Å². The van der Waals surface area contributed by atoms with Gasteiger partial charge in [-0.25, -0.2) is 9.78 Å². The van der Waals surface area contributed by atoms with Crippen LogP contribution >= 0.6 is 0 Å². The number of ether oxygens (including phenoxy) is 1. The molecular formula is C13H15N3O3. The highest BCUT2D eigenvalue weighted by Crippen LogP contribution is 2.33. The number of aromatic amines is 1. The first-order valence-corrected chi connectivity index (χ1v) is 5.68. The van der Waals surface area contributed by atoms with E-state index in [1.165, 1.54) is 7.11 Å². The Morgan fingerprint density at radius 1 is 1.37 bits per heavy atom. The molecule has 0 atom stereocenters. The molecule has 0 saturated heterocycles. The second-order valence-electron chi connectivity index (χ2n) is 4.29. The number of anilines is 1. The number of nitrogens with one attached hydrogen (secondary N) is 1. The lowest BCUT2D eigenvalue weighted by atomic mass is 10.0. The van der Waals surface area contributed by atoms with Gasteiger partial charge in [0.25, 0.3) is 0 Å². The predicted molar refractivity (Wildman–Crippen MR) is 71.4 cm³/mol. The number of H-pyrrole nitrogens is 1. The number of imidazole rings is 1. The molecule has 0 saturated carbocycles. The van der Waals surface area contributed by atoms with Crippen molar-refractivity contribution in [1.82, 2.24) is 9.97 Å². The van der Waals surface area contributed by atoms with E-state index >= 15 is 0 Å². The highest BCUT2D eigenvalue weighted by atomic mass is 16.5. The quantitative estimate of drug-likeness (QED) is 0.784.